The van der Waals surface area contributed by atoms with E-state index < -0.39 is 0 Å². The molecular formula is C20H26N2O4. The Hall–Kier alpha value is -2.76. The molecule has 1 N–H and O–H groups in total. The summed E-state index contributed by atoms with van der Waals surface area (Å²) in [7, 11) is 3.20. The van der Waals surface area contributed by atoms with E-state index in [1.807, 2.05) is 32.0 Å². The molecule has 0 saturated heterocycles. The number of pyridine rings is 1. The van der Waals surface area contributed by atoms with E-state index in [1.54, 1.807) is 32.5 Å². The molecule has 6 heteroatoms. The van der Waals surface area contributed by atoms with Crippen LogP contribution in [0.2, 0.25) is 0 Å². The normalized spacial score (nSPS) is 10.5. The van der Waals surface area contributed by atoms with E-state index >= 15 is 0 Å². The Labute approximate surface area is 154 Å². The number of carbonyl (C=O) groups excluding carboxylic acids is 1. The van der Waals surface area contributed by atoms with Crippen LogP contribution in [-0.4, -0.2) is 38.3 Å². The Balaban J connectivity index is 1.95. The van der Waals surface area contributed by atoms with Crippen molar-refractivity contribution in [1.29, 1.82) is 0 Å². The third-order valence-electron chi connectivity index (χ3n) is 3.72. The highest BCUT2D eigenvalue weighted by Gasteiger charge is 2.14. The summed E-state index contributed by atoms with van der Waals surface area (Å²) in [6.07, 6.45) is 2.30. The van der Waals surface area contributed by atoms with Crippen LogP contribution in [0.4, 0.5) is 0 Å². The van der Waals surface area contributed by atoms with E-state index in [1.165, 1.54) is 0 Å². The van der Waals surface area contributed by atoms with E-state index in [-0.39, 0.29) is 5.91 Å². The Morgan fingerprint density at radius 1 is 1.15 bits per heavy atom. The minimum Gasteiger partial charge on any atom is -0.493 e. The summed E-state index contributed by atoms with van der Waals surface area (Å²) < 4.78 is 16.2. The summed E-state index contributed by atoms with van der Waals surface area (Å²) in [5, 5.41) is 2.91. The second-order valence-corrected chi connectivity index (χ2v) is 6.26. The summed E-state index contributed by atoms with van der Waals surface area (Å²) in [5.41, 5.74) is 1.49. The molecule has 26 heavy (non-hydrogen) atoms. The average Bonchev–Trinajstić information content (AvgIpc) is 2.66. The molecule has 140 valence electrons. The van der Waals surface area contributed by atoms with Crippen molar-refractivity contribution in [3.8, 4) is 17.4 Å². The zero-order valence-corrected chi connectivity index (χ0v) is 15.7. The molecule has 0 fully saturated rings. The highest BCUT2D eigenvalue weighted by Crippen LogP contribution is 2.27. The monoisotopic (exact) mass is 358 g/mol. The summed E-state index contributed by atoms with van der Waals surface area (Å²) in [6.45, 7) is 5.10. The number of rotatable bonds is 9. The van der Waals surface area contributed by atoms with Crippen LogP contribution in [-0.2, 0) is 6.42 Å². The lowest BCUT2D eigenvalue weighted by Gasteiger charge is -2.12. The van der Waals surface area contributed by atoms with Crippen molar-refractivity contribution in [3.05, 3.63) is 47.7 Å². The first-order valence-corrected chi connectivity index (χ1v) is 8.62. The molecule has 0 spiro atoms. The number of nitrogens with one attached hydrogen (secondary N) is 1. The molecule has 0 aliphatic rings. The van der Waals surface area contributed by atoms with Gasteiger partial charge in [0.2, 0.25) is 5.88 Å². The topological polar surface area (TPSA) is 69.7 Å². The molecule has 0 unspecified atom stereocenters. The van der Waals surface area contributed by atoms with E-state index in [0.717, 1.165) is 5.56 Å². The predicted octanol–water partition coefficient (Wildman–Crippen LogP) is 3.11. The van der Waals surface area contributed by atoms with Crippen molar-refractivity contribution in [2.45, 2.75) is 20.3 Å². The van der Waals surface area contributed by atoms with Gasteiger partial charge in [0.1, 0.15) is 5.56 Å². The van der Waals surface area contributed by atoms with Crippen molar-refractivity contribution in [3.63, 3.8) is 0 Å². The van der Waals surface area contributed by atoms with Gasteiger partial charge in [-0.25, -0.2) is 4.98 Å². The van der Waals surface area contributed by atoms with E-state index in [4.69, 9.17) is 14.2 Å². The molecule has 1 aromatic carbocycles. The standard InChI is InChI=1S/C20H26N2O4/c1-14(2)13-26-20-16(6-5-10-22-20)19(23)21-11-9-15-7-8-17(24-3)18(12-15)25-4/h5-8,10,12,14H,9,11,13H2,1-4H3,(H,21,23). The number of hydrogen-bond acceptors (Lipinski definition) is 5. The third kappa shape index (κ3) is 5.37. The molecule has 6 nitrogen and oxygen atoms in total. The summed E-state index contributed by atoms with van der Waals surface area (Å²) in [4.78, 5) is 16.6. The molecule has 0 radical (unpaired) electrons. The number of methoxy groups -OCH3 is 2. The quantitative estimate of drug-likeness (QED) is 0.746. The molecule has 0 atom stereocenters. The number of amides is 1. The molecule has 2 rings (SSSR count). The van der Waals surface area contributed by atoms with Gasteiger partial charge in [0.25, 0.3) is 5.91 Å². The number of aromatic nitrogens is 1. The van der Waals surface area contributed by atoms with Crippen LogP contribution in [0.5, 0.6) is 17.4 Å². The third-order valence-corrected chi connectivity index (χ3v) is 3.72. The fourth-order valence-electron chi connectivity index (χ4n) is 2.38. The van der Waals surface area contributed by atoms with Gasteiger partial charge in [0.05, 0.1) is 20.8 Å². The summed E-state index contributed by atoms with van der Waals surface area (Å²) in [6, 6.07) is 9.16. The van der Waals surface area contributed by atoms with Crippen LogP contribution >= 0.6 is 0 Å². The Kier molecular flexibility index (Phi) is 7.26. The predicted molar refractivity (Wildman–Crippen MR) is 100 cm³/mol. The number of benzene rings is 1. The zero-order chi connectivity index (χ0) is 18.9. The Morgan fingerprint density at radius 2 is 1.92 bits per heavy atom. The number of hydrogen-bond donors (Lipinski definition) is 1. The fraction of sp³-hybridized carbons (Fsp3) is 0.400. The van der Waals surface area contributed by atoms with Crippen molar-refractivity contribution < 1.29 is 19.0 Å². The molecule has 1 heterocycles. The number of nitrogens with zero attached hydrogens (tertiary/aromatic N) is 1. The minimum atomic E-state index is -0.197. The first-order valence-electron chi connectivity index (χ1n) is 8.62. The van der Waals surface area contributed by atoms with Crippen LogP contribution in [0.25, 0.3) is 0 Å². The van der Waals surface area contributed by atoms with Crippen LogP contribution in [0.3, 0.4) is 0 Å². The van der Waals surface area contributed by atoms with Gasteiger partial charge in [-0.05, 0) is 42.2 Å². The van der Waals surface area contributed by atoms with Gasteiger partial charge in [-0.15, -0.1) is 0 Å². The lowest BCUT2D eigenvalue weighted by molar-refractivity contribution is 0.0948. The molecule has 0 saturated carbocycles. The van der Waals surface area contributed by atoms with Gasteiger partial charge in [-0.2, -0.15) is 0 Å². The SMILES string of the molecule is COc1ccc(CCNC(=O)c2cccnc2OCC(C)C)cc1OC. The Bertz CT molecular complexity index is 732. The lowest BCUT2D eigenvalue weighted by atomic mass is 10.1. The van der Waals surface area contributed by atoms with Crippen LogP contribution < -0.4 is 19.5 Å². The first kappa shape index (κ1) is 19.6. The number of ether oxygens (including phenoxy) is 3. The van der Waals surface area contributed by atoms with E-state index in [9.17, 15) is 4.79 Å². The highest BCUT2D eigenvalue weighted by atomic mass is 16.5. The van der Waals surface area contributed by atoms with Crippen molar-refractivity contribution in [2.75, 3.05) is 27.4 Å². The van der Waals surface area contributed by atoms with Crippen molar-refractivity contribution in [1.82, 2.24) is 10.3 Å². The average molecular weight is 358 g/mol. The van der Waals surface area contributed by atoms with Gasteiger partial charge in [-0.1, -0.05) is 19.9 Å². The Morgan fingerprint density at radius 3 is 2.62 bits per heavy atom. The van der Waals surface area contributed by atoms with Crippen molar-refractivity contribution in [2.24, 2.45) is 5.92 Å². The largest absolute Gasteiger partial charge is 0.493 e. The maximum atomic E-state index is 12.4. The highest BCUT2D eigenvalue weighted by molar-refractivity contribution is 5.96. The summed E-state index contributed by atoms with van der Waals surface area (Å²) in [5.74, 6) is 1.88. The lowest BCUT2D eigenvalue weighted by Crippen LogP contribution is -2.26. The first-order chi connectivity index (χ1) is 12.5. The van der Waals surface area contributed by atoms with Gasteiger partial charge in [0, 0.05) is 12.7 Å². The molecule has 1 aromatic heterocycles. The molecule has 2 aromatic rings. The van der Waals surface area contributed by atoms with Gasteiger partial charge >= 0.3 is 0 Å². The molecular weight excluding hydrogens is 332 g/mol. The van der Waals surface area contributed by atoms with E-state index in [0.29, 0.717) is 48.4 Å². The maximum Gasteiger partial charge on any atom is 0.256 e. The second-order valence-electron chi connectivity index (χ2n) is 6.26. The summed E-state index contributed by atoms with van der Waals surface area (Å²) >= 11 is 0. The molecule has 0 aliphatic carbocycles. The zero-order valence-electron chi connectivity index (χ0n) is 15.7. The van der Waals surface area contributed by atoms with Gasteiger partial charge in [0.15, 0.2) is 11.5 Å². The van der Waals surface area contributed by atoms with Crippen LogP contribution in [0, 0.1) is 5.92 Å². The van der Waals surface area contributed by atoms with Gasteiger partial charge in [-0.3, -0.25) is 4.79 Å². The van der Waals surface area contributed by atoms with E-state index in [2.05, 4.69) is 10.3 Å². The van der Waals surface area contributed by atoms with Crippen LogP contribution in [0.15, 0.2) is 36.5 Å². The molecule has 0 aliphatic heterocycles. The van der Waals surface area contributed by atoms with Crippen LogP contribution in [0.1, 0.15) is 29.8 Å². The van der Waals surface area contributed by atoms with Gasteiger partial charge < -0.3 is 19.5 Å². The second kappa shape index (κ2) is 9.65. The molecule has 1 amide bonds. The fourth-order valence-corrected chi connectivity index (χ4v) is 2.38. The number of carbonyl (C=O) groups is 1. The minimum absolute atomic E-state index is 0.197. The maximum absolute atomic E-state index is 12.4. The molecule has 0 bridgehead atoms. The van der Waals surface area contributed by atoms with Crippen molar-refractivity contribution >= 4 is 5.91 Å². The smallest absolute Gasteiger partial charge is 0.256 e.